The van der Waals surface area contributed by atoms with Crippen LogP contribution in [-0.2, 0) is 7.05 Å². The number of nitriles is 1. The fraction of sp³-hybridized carbons (Fsp3) is 0.190. The zero-order valence-electron chi connectivity index (χ0n) is 16.0. The first-order valence-electron chi connectivity index (χ1n) is 8.94. The van der Waals surface area contributed by atoms with Gasteiger partial charge in [0.05, 0.1) is 35.0 Å². The van der Waals surface area contributed by atoms with Crippen LogP contribution >= 0.6 is 0 Å². The molecule has 3 aromatic rings. The summed E-state index contributed by atoms with van der Waals surface area (Å²) in [4.78, 5) is 24.3. The molecule has 154 valence electrons. The maximum Gasteiger partial charge on any atom is 0.337 e. The molecule has 0 aliphatic rings. The number of rotatable bonds is 7. The van der Waals surface area contributed by atoms with Crippen LogP contribution in [0.4, 0.5) is 5.69 Å². The Morgan fingerprint density at radius 1 is 1.27 bits per heavy atom. The highest BCUT2D eigenvalue weighted by Crippen LogP contribution is 2.29. The molecule has 0 aliphatic carbocycles. The number of aromatic carboxylic acids is 1. The molecule has 0 saturated heterocycles. The summed E-state index contributed by atoms with van der Waals surface area (Å²) in [5.41, 5.74) is 0.903. The van der Waals surface area contributed by atoms with Crippen LogP contribution in [0.3, 0.4) is 0 Å². The molecular weight excluding hydrogens is 390 g/mol. The number of fused-ring (bicyclic) bond motifs is 1. The van der Waals surface area contributed by atoms with Crippen molar-refractivity contribution in [1.29, 1.82) is 5.26 Å². The number of ether oxygens (including phenoxy) is 1. The van der Waals surface area contributed by atoms with E-state index in [2.05, 4.69) is 5.32 Å². The minimum atomic E-state index is -1.27. The first-order chi connectivity index (χ1) is 14.3. The van der Waals surface area contributed by atoms with Crippen LogP contribution in [0.1, 0.15) is 26.4 Å². The van der Waals surface area contributed by atoms with Crippen molar-refractivity contribution in [2.45, 2.75) is 6.10 Å². The number of para-hydroxylation sites is 1. The summed E-state index contributed by atoms with van der Waals surface area (Å²) in [6.45, 7) is -0.553. The Morgan fingerprint density at radius 3 is 2.70 bits per heavy atom. The first kappa shape index (κ1) is 20.9. The molecule has 4 N–H and O–H groups in total. The molecule has 9 nitrogen and oxygen atoms in total. The van der Waals surface area contributed by atoms with Gasteiger partial charge in [-0.25, -0.2) is 4.79 Å². The Labute approximate surface area is 171 Å². The Bertz CT molecular complexity index is 1160. The van der Waals surface area contributed by atoms with E-state index in [0.717, 1.165) is 0 Å². The van der Waals surface area contributed by atoms with E-state index in [9.17, 15) is 19.8 Å². The minimum Gasteiger partial charge on any atom is -0.489 e. The molecule has 0 fully saturated rings. The lowest BCUT2D eigenvalue weighted by atomic mass is 10.1. The number of aliphatic hydroxyl groups is 2. The summed E-state index contributed by atoms with van der Waals surface area (Å²) < 4.78 is 7.16. The summed E-state index contributed by atoms with van der Waals surface area (Å²) in [7, 11) is 1.66. The predicted molar refractivity (Wildman–Crippen MR) is 108 cm³/mol. The molecule has 3 rings (SSSR count). The maximum atomic E-state index is 12.9. The van der Waals surface area contributed by atoms with E-state index in [0.29, 0.717) is 16.7 Å². The van der Waals surface area contributed by atoms with Crippen molar-refractivity contribution in [3.63, 3.8) is 0 Å². The van der Waals surface area contributed by atoms with Crippen molar-refractivity contribution >= 4 is 28.5 Å². The third-order valence-corrected chi connectivity index (χ3v) is 4.52. The summed E-state index contributed by atoms with van der Waals surface area (Å²) in [5.74, 6) is -1.38. The number of carbonyl (C=O) groups excluding carboxylic acids is 1. The van der Waals surface area contributed by atoms with Crippen LogP contribution < -0.4 is 10.1 Å². The van der Waals surface area contributed by atoms with Crippen LogP contribution in [0.5, 0.6) is 5.75 Å². The van der Waals surface area contributed by atoms with Crippen LogP contribution in [0, 0.1) is 11.3 Å². The average molecular weight is 409 g/mol. The van der Waals surface area contributed by atoms with Gasteiger partial charge in [0.15, 0.2) is 0 Å². The zero-order valence-corrected chi connectivity index (χ0v) is 16.0. The molecule has 0 radical (unpaired) electrons. The average Bonchev–Trinajstić information content (AvgIpc) is 3.09. The molecule has 1 aromatic heterocycles. The third kappa shape index (κ3) is 4.10. The predicted octanol–water partition coefficient (Wildman–Crippen LogP) is 1.73. The van der Waals surface area contributed by atoms with E-state index in [1.165, 1.54) is 18.2 Å². The molecule has 0 saturated carbocycles. The fourth-order valence-electron chi connectivity index (χ4n) is 3.04. The van der Waals surface area contributed by atoms with E-state index in [1.54, 1.807) is 35.9 Å². The first-order valence-corrected chi connectivity index (χ1v) is 8.94. The van der Waals surface area contributed by atoms with E-state index in [1.807, 2.05) is 6.07 Å². The van der Waals surface area contributed by atoms with Gasteiger partial charge in [-0.05, 0) is 30.3 Å². The van der Waals surface area contributed by atoms with E-state index < -0.39 is 24.6 Å². The Morgan fingerprint density at radius 2 is 2.03 bits per heavy atom. The fourth-order valence-corrected chi connectivity index (χ4v) is 3.04. The van der Waals surface area contributed by atoms with Gasteiger partial charge in [-0.3, -0.25) is 4.79 Å². The number of carbonyl (C=O) groups is 2. The van der Waals surface area contributed by atoms with E-state index in [-0.39, 0.29) is 29.1 Å². The van der Waals surface area contributed by atoms with Crippen LogP contribution in [-0.4, -0.2) is 51.1 Å². The zero-order chi connectivity index (χ0) is 21.8. The number of benzene rings is 2. The lowest BCUT2D eigenvalue weighted by Crippen LogP contribution is -2.21. The normalized spacial score (nSPS) is 11.7. The number of aromatic nitrogens is 1. The lowest BCUT2D eigenvalue weighted by Gasteiger charge is -2.13. The van der Waals surface area contributed by atoms with Crippen molar-refractivity contribution in [3.05, 3.63) is 59.3 Å². The smallest absolute Gasteiger partial charge is 0.337 e. The van der Waals surface area contributed by atoms with E-state index in [4.69, 9.17) is 15.1 Å². The second-order valence-electron chi connectivity index (χ2n) is 6.56. The van der Waals surface area contributed by atoms with Gasteiger partial charge in [0, 0.05) is 12.4 Å². The van der Waals surface area contributed by atoms with E-state index >= 15 is 0 Å². The highest BCUT2D eigenvalue weighted by molar-refractivity contribution is 6.09. The summed E-state index contributed by atoms with van der Waals surface area (Å²) in [6, 6.07) is 12.7. The number of hydrogen-bond donors (Lipinski definition) is 4. The number of aryl methyl sites for hydroxylation is 1. The number of anilines is 1. The molecule has 2 aromatic carbocycles. The molecule has 0 bridgehead atoms. The quantitative estimate of drug-likeness (QED) is 0.465. The van der Waals surface area contributed by atoms with Gasteiger partial charge in [0.25, 0.3) is 5.91 Å². The van der Waals surface area contributed by atoms with Gasteiger partial charge in [-0.15, -0.1) is 0 Å². The number of nitrogens with zero attached hydrogens (tertiary/aromatic N) is 2. The number of nitrogens with one attached hydrogen (secondary N) is 1. The summed E-state index contributed by atoms with van der Waals surface area (Å²) >= 11 is 0. The second kappa shape index (κ2) is 8.65. The largest absolute Gasteiger partial charge is 0.489 e. The molecular formula is C21H19N3O6. The highest BCUT2D eigenvalue weighted by atomic mass is 16.5. The van der Waals surface area contributed by atoms with Gasteiger partial charge >= 0.3 is 5.97 Å². The Hall–Kier alpha value is -3.87. The van der Waals surface area contributed by atoms with Gasteiger partial charge in [-0.1, -0.05) is 12.1 Å². The molecule has 30 heavy (non-hydrogen) atoms. The standard InChI is InChI=1S/C21H19N3O6/c1-24-17(8-13-3-2-4-18(19(13)24)30-11-14(26)10-25)20(27)23-16-6-5-12(9-22)7-15(16)21(28)29/h2-8,14,25-26H,10-11H2,1H3,(H,23,27)(H,28,29). The highest BCUT2D eigenvalue weighted by Gasteiger charge is 2.19. The van der Waals surface area contributed by atoms with Gasteiger partial charge in [0.1, 0.15) is 24.2 Å². The monoisotopic (exact) mass is 409 g/mol. The minimum absolute atomic E-state index is 0.0688. The molecule has 0 aliphatic heterocycles. The number of aliphatic hydroxyl groups excluding tert-OH is 2. The number of hydrogen-bond acceptors (Lipinski definition) is 6. The lowest BCUT2D eigenvalue weighted by molar-refractivity contribution is 0.0540. The van der Waals surface area contributed by atoms with Crippen LogP contribution in [0.25, 0.3) is 10.9 Å². The van der Waals surface area contributed by atoms with Gasteiger partial charge < -0.3 is 29.9 Å². The molecule has 9 heteroatoms. The summed E-state index contributed by atoms with van der Waals surface area (Å²) in [5, 5.41) is 40.1. The third-order valence-electron chi connectivity index (χ3n) is 4.52. The SMILES string of the molecule is Cn1c(C(=O)Nc2ccc(C#N)cc2C(=O)O)cc2cccc(OCC(O)CO)c21. The van der Waals surface area contributed by atoms with Crippen molar-refractivity contribution in [2.24, 2.45) is 7.05 Å². The topological polar surface area (TPSA) is 145 Å². The van der Waals surface area contributed by atoms with Gasteiger partial charge in [0.2, 0.25) is 0 Å². The van der Waals surface area contributed by atoms with Crippen LogP contribution in [0.15, 0.2) is 42.5 Å². The molecule has 0 spiro atoms. The van der Waals surface area contributed by atoms with Crippen LogP contribution in [0.2, 0.25) is 0 Å². The van der Waals surface area contributed by atoms with Crippen molar-refractivity contribution < 1.29 is 29.6 Å². The molecule has 1 heterocycles. The van der Waals surface area contributed by atoms with Gasteiger partial charge in [-0.2, -0.15) is 5.26 Å². The van der Waals surface area contributed by atoms with Crippen molar-refractivity contribution in [1.82, 2.24) is 4.57 Å². The number of carboxylic acid groups (broad SMARTS) is 1. The Kier molecular flexibility index (Phi) is 6.01. The molecule has 1 unspecified atom stereocenters. The number of amides is 1. The molecule has 1 atom stereocenters. The second-order valence-corrected chi connectivity index (χ2v) is 6.56. The molecule has 1 amide bonds. The maximum absolute atomic E-state index is 12.9. The summed E-state index contributed by atoms with van der Waals surface area (Å²) in [6.07, 6.45) is -1.03. The van der Waals surface area contributed by atoms with Crippen molar-refractivity contribution in [3.8, 4) is 11.8 Å². The Balaban J connectivity index is 1.94. The number of carboxylic acids is 1. The van der Waals surface area contributed by atoms with Crippen molar-refractivity contribution in [2.75, 3.05) is 18.5 Å².